The molecule has 2 heterocycles. The van der Waals surface area contributed by atoms with Crippen LogP contribution in [0.3, 0.4) is 0 Å². The lowest BCUT2D eigenvalue weighted by atomic mass is 10.00. The lowest BCUT2D eigenvalue weighted by Crippen LogP contribution is -2.17. The van der Waals surface area contributed by atoms with E-state index in [-0.39, 0.29) is 22.2 Å². The maximum absolute atomic E-state index is 13.5. The van der Waals surface area contributed by atoms with Crippen LogP contribution in [0.4, 0.5) is 5.69 Å². The summed E-state index contributed by atoms with van der Waals surface area (Å²) in [5, 5.41) is 4.80. The molecule has 2 aromatic carbocycles. The molecule has 5 rings (SSSR count). The molecular formula is C29H35N5O6S. The van der Waals surface area contributed by atoms with Crippen molar-refractivity contribution >= 4 is 21.2 Å². The number of rotatable bonds is 9. The first-order chi connectivity index (χ1) is 19.7. The zero-order chi connectivity index (χ0) is 29.1. The molecule has 1 fully saturated rings. The molecule has 0 unspecified atom stereocenters. The van der Waals surface area contributed by atoms with Crippen LogP contribution < -0.4 is 24.5 Å². The second-order valence-electron chi connectivity index (χ2n) is 10.1. The van der Waals surface area contributed by atoms with Gasteiger partial charge in [-0.1, -0.05) is 25.7 Å². The summed E-state index contributed by atoms with van der Waals surface area (Å²) in [4.78, 5) is 20.9. The van der Waals surface area contributed by atoms with Crippen molar-refractivity contribution in [3.05, 3.63) is 58.3 Å². The van der Waals surface area contributed by atoms with Gasteiger partial charge in [-0.25, -0.2) is 17.9 Å². The molecule has 2 aromatic heterocycles. The lowest BCUT2D eigenvalue weighted by molar-refractivity contribution is 0.341. The summed E-state index contributed by atoms with van der Waals surface area (Å²) >= 11 is 0. The molecule has 41 heavy (non-hydrogen) atoms. The molecule has 0 amide bonds. The molecule has 0 saturated heterocycles. The van der Waals surface area contributed by atoms with Gasteiger partial charge in [-0.05, 0) is 57.0 Å². The second-order valence-corrected chi connectivity index (χ2v) is 11.8. The molecule has 4 aromatic rings. The van der Waals surface area contributed by atoms with Gasteiger partial charge < -0.3 is 19.2 Å². The molecular weight excluding hydrogens is 546 g/mol. The second kappa shape index (κ2) is 11.8. The predicted molar refractivity (Wildman–Crippen MR) is 156 cm³/mol. The number of nitrogens with one attached hydrogen (secondary N) is 2. The van der Waals surface area contributed by atoms with Gasteiger partial charge >= 0.3 is 0 Å². The normalized spacial score (nSPS) is 14.5. The summed E-state index contributed by atoms with van der Waals surface area (Å²) < 4.78 is 47.5. The standard InChI is InChI=1S/C29H35N5O6S/c1-5-40-23-15-13-21(41(36,37)33-20-12-14-24(38-3)25(16-20)39-4)17-22(23)27-31-29(35)26-18(2)30-28(34(26)32-27)19-10-8-6-7-9-11-19/h12-17,19,33H,5-11H2,1-4H3,(H,31,32,35). The van der Waals surface area contributed by atoms with Gasteiger partial charge in [0.05, 0.1) is 42.7 Å². The smallest absolute Gasteiger partial charge is 0.277 e. The minimum atomic E-state index is -4.04. The highest BCUT2D eigenvalue weighted by Gasteiger charge is 2.25. The van der Waals surface area contributed by atoms with Crippen molar-refractivity contribution in [3.63, 3.8) is 0 Å². The first kappa shape index (κ1) is 28.5. The molecule has 12 heteroatoms. The summed E-state index contributed by atoms with van der Waals surface area (Å²) in [5.74, 6) is 2.42. The van der Waals surface area contributed by atoms with Crippen LogP contribution in [0.15, 0.2) is 46.1 Å². The Bertz CT molecular complexity index is 1720. The Balaban J connectivity index is 1.59. The van der Waals surface area contributed by atoms with E-state index in [9.17, 15) is 13.2 Å². The van der Waals surface area contributed by atoms with E-state index in [0.29, 0.717) is 46.3 Å². The zero-order valence-electron chi connectivity index (χ0n) is 23.7. The van der Waals surface area contributed by atoms with Crippen molar-refractivity contribution in [3.8, 4) is 28.6 Å². The van der Waals surface area contributed by atoms with E-state index in [2.05, 4.69) is 9.71 Å². The molecule has 0 atom stereocenters. The van der Waals surface area contributed by atoms with Crippen molar-refractivity contribution in [2.75, 3.05) is 25.5 Å². The molecule has 1 saturated carbocycles. The van der Waals surface area contributed by atoms with E-state index in [0.717, 1.165) is 31.5 Å². The summed E-state index contributed by atoms with van der Waals surface area (Å²) in [6.07, 6.45) is 6.57. The van der Waals surface area contributed by atoms with Gasteiger partial charge in [0.15, 0.2) is 22.8 Å². The average Bonchev–Trinajstić information content (AvgIpc) is 3.11. The third-order valence-corrected chi connectivity index (χ3v) is 8.75. The number of hydrogen-bond acceptors (Lipinski definition) is 8. The molecule has 0 aliphatic heterocycles. The number of aromatic amines is 1. The van der Waals surface area contributed by atoms with E-state index in [1.807, 2.05) is 13.8 Å². The number of anilines is 1. The Morgan fingerprint density at radius 2 is 1.71 bits per heavy atom. The predicted octanol–water partition coefficient (Wildman–Crippen LogP) is 5.05. The molecule has 1 aliphatic rings. The largest absolute Gasteiger partial charge is 0.493 e. The maximum atomic E-state index is 13.5. The van der Waals surface area contributed by atoms with Crippen LogP contribution >= 0.6 is 0 Å². The third-order valence-electron chi connectivity index (χ3n) is 7.37. The van der Waals surface area contributed by atoms with Crippen LogP contribution in [0.2, 0.25) is 0 Å². The average molecular weight is 582 g/mol. The number of fused-ring (bicyclic) bond motifs is 1. The minimum Gasteiger partial charge on any atom is -0.493 e. The SMILES string of the molecule is CCOc1ccc(S(=O)(=O)Nc2ccc(OC)c(OC)c2)cc1-c1nn2c(C3CCCCCC3)nc(C)c2c(=O)[nH]1. The van der Waals surface area contributed by atoms with Crippen molar-refractivity contribution in [1.29, 1.82) is 0 Å². The van der Waals surface area contributed by atoms with E-state index < -0.39 is 10.0 Å². The molecule has 1 aliphatic carbocycles. The number of methoxy groups -OCH3 is 2. The molecule has 218 valence electrons. The number of aryl methyl sites for hydroxylation is 1. The maximum Gasteiger partial charge on any atom is 0.277 e. The van der Waals surface area contributed by atoms with Crippen LogP contribution in [0, 0.1) is 6.92 Å². The van der Waals surface area contributed by atoms with Gasteiger partial charge in [0.2, 0.25) is 0 Å². The number of aromatic nitrogens is 4. The monoisotopic (exact) mass is 581 g/mol. The Morgan fingerprint density at radius 3 is 2.39 bits per heavy atom. The quantitative estimate of drug-likeness (QED) is 0.262. The lowest BCUT2D eigenvalue weighted by Gasteiger charge is -2.15. The first-order valence-corrected chi connectivity index (χ1v) is 15.3. The minimum absolute atomic E-state index is 0.0284. The molecule has 0 spiro atoms. The summed E-state index contributed by atoms with van der Waals surface area (Å²) in [5.41, 5.74) is 1.31. The molecule has 0 bridgehead atoms. The summed E-state index contributed by atoms with van der Waals surface area (Å²) in [6.45, 7) is 3.98. The Morgan fingerprint density at radius 1 is 1.00 bits per heavy atom. The van der Waals surface area contributed by atoms with Crippen molar-refractivity contribution in [2.45, 2.75) is 63.2 Å². The number of ether oxygens (including phenoxy) is 3. The van der Waals surface area contributed by atoms with E-state index in [4.69, 9.17) is 24.3 Å². The van der Waals surface area contributed by atoms with Gasteiger partial charge in [-0.15, -0.1) is 5.10 Å². The fourth-order valence-corrected chi connectivity index (χ4v) is 6.45. The highest BCUT2D eigenvalue weighted by Crippen LogP contribution is 2.35. The number of hydrogen-bond donors (Lipinski definition) is 2. The van der Waals surface area contributed by atoms with Crippen LogP contribution in [0.1, 0.15) is 62.9 Å². The summed E-state index contributed by atoms with van der Waals surface area (Å²) in [7, 11) is -1.06. The molecule has 0 radical (unpaired) electrons. The summed E-state index contributed by atoms with van der Waals surface area (Å²) in [6, 6.07) is 9.20. The zero-order valence-corrected chi connectivity index (χ0v) is 24.5. The molecule has 2 N–H and O–H groups in total. The van der Waals surface area contributed by atoms with Crippen molar-refractivity contribution in [2.24, 2.45) is 0 Å². The Labute approximate surface area is 238 Å². The molecule has 11 nitrogen and oxygen atoms in total. The number of sulfonamides is 1. The van der Waals surface area contributed by atoms with Crippen LogP contribution in [0.5, 0.6) is 17.2 Å². The van der Waals surface area contributed by atoms with E-state index >= 15 is 0 Å². The Kier molecular flexibility index (Phi) is 8.20. The van der Waals surface area contributed by atoms with Gasteiger partial charge in [0.25, 0.3) is 15.6 Å². The Hall–Kier alpha value is -4.06. The fourth-order valence-electron chi connectivity index (χ4n) is 5.37. The van der Waals surface area contributed by atoms with E-state index in [1.54, 1.807) is 22.7 Å². The number of nitrogens with zero attached hydrogens (tertiary/aromatic N) is 3. The third kappa shape index (κ3) is 5.74. The van der Waals surface area contributed by atoms with Gasteiger partial charge in [0.1, 0.15) is 11.6 Å². The van der Waals surface area contributed by atoms with Crippen LogP contribution in [-0.4, -0.2) is 48.8 Å². The van der Waals surface area contributed by atoms with Gasteiger partial charge in [0, 0.05) is 12.0 Å². The number of H-pyrrole nitrogens is 1. The van der Waals surface area contributed by atoms with E-state index in [1.165, 1.54) is 45.3 Å². The highest BCUT2D eigenvalue weighted by molar-refractivity contribution is 7.92. The van der Waals surface area contributed by atoms with Gasteiger partial charge in [-0.2, -0.15) is 0 Å². The topological polar surface area (TPSA) is 137 Å². The fraction of sp³-hybridized carbons (Fsp3) is 0.414. The van der Waals surface area contributed by atoms with Crippen molar-refractivity contribution < 1.29 is 22.6 Å². The highest BCUT2D eigenvalue weighted by atomic mass is 32.2. The van der Waals surface area contributed by atoms with Crippen molar-refractivity contribution in [1.82, 2.24) is 19.6 Å². The van der Waals surface area contributed by atoms with Gasteiger partial charge in [-0.3, -0.25) is 9.52 Å². The number of benzene rings is 2. The van der Waals surface area contributed by atoms with Crippen LogP contribution in [-0.2, 0) is 10.0 Å². The first-order valence-electron chi connectivity index (χ1n) is 13.8. The van der Waals surface area contributed by atoms with Crippen LogP contribution in [0.25, 0.3) is 16.9 Å². The number of imidazole rings is 1.